The van der Waals surface area contributed by atoms with Gasteiger partial charge in [0.1, 0.15) is 4.60 Å². The molecule has 1 aliphatic heterocycles. The maximum absolute atomic E-state index is 5.59. The fourth-order valence-electron chi connectivity index (χ4n) is 1.53. The number of ether oxygens (including phenoxy) is 1. The predicted molar refractivity (Wildman–Crippen MR) is 58.4 cm³/mol. The van der Waals surface area contributed by atoms with Crippen LogP contribution in [0.3, 0.4) is 0 Å². The minimum absolute atomic E-state index is 0.635. The van der Waals surface area contributed by atoms with Gasteiger partial charge in [0.25, 0.3) is 0 Å². The van der Waals surface area contributed by atoms with Gasteiger partial charge in [-0.05, 0) is 35.0 Å². The number of nitrogens with zero attached hydrogens (tertiary/aromatic N) is 1. The Balaban J connectivity index is 1.85. The number of hydrogen-bond donors (Lipinski definition) is 1. The van der Waals surface area contributed by atoms with Crippen molar-refractivity contribution < 1.29 is 4.74 Å². The van der Waals surface area contributed by atoms with E-state index in [1.807, 2.05) is 18.2 Å². The van der Waals surface area contributed by atoms with Gasteiger partial charge in [0.2, 0.25) is 5.88 Å². The molecule has 0 amide bonds. The molecular weight excluding hydrogens is 244 g/mol. The first-order chi connectivity index (χ1) is 6.84. The molecule has 1 N–H and O–H groups in total. The van der Waals surface area contributed by atoms with Gasteiger partial charge in [-0.15, -0.1) is 0 Å². The molecule has 76 valence electrons. The van der Waals surface area contributed by atoms with Crippen molar-refractivity contribution in [2.45, 2.75) is 6.42 Å². The highest BCUT2D eigenvalue weighted by molar-refractivity contribution is 9.10. The van der Waals surface area contributed by atoms with E-state index < -0.39 is 0 Å². The quantitative estimate of drug-likeness (QED) is 0.839. The van der Waals surface area contributed by atoms with Gasteiger partial charge in [-0.3, -0.25) is 0 Å². The van der Waals surface area contributed by atoms with Crippen LogP contribution in [0.15, 0.2) is 22.8 Å². The van der Waals surface area contributed by atoms with Crippen LogP contribution in [-0.2, 0) is 0 Å². The Bertz CT molecular complexity index is 300. The molecule has 2 rings (SSSR count). The Morgan fingerprint density at radius 3 is 3.21 bits per heavy atom. The molecule has 1 aromatic heterocycles. The van der Waals surface area contributed by atoms with Crippen LogP contribution in [0.2, 0.25) is 0 Å². The third-order valence-corrected chi connectivity index (χ3v) is 2.76. The molecule has 4 heteroatoms. The summed E-state index contributed by atoms with van der Waals surface area (Å²) in [5, 5.41) is 3.31. The minimum Gasteiger partial charge on any atom is -0.477 e. The fraction of sp³-hybridized carbons (Fsp3) is 0.500. The first-order valence-electron chi connectivity index (χ1n) is 4.80. The highest BCUT2D eigenvalue weighted by Gasteiger charge is 2.14. The normalized spacial score (nSPS) is 21.1. The molecule has 1 aromatic rings. The Kier molecular flexibility index (Phi) is 3.37. The Morgan fingerprint density at radius 1 is 1.57 bits per heavy atom. The highest BCUT2D eigenvalue weighted by Crippen LogP contribution is 2.14. The standard InChI is InChI=1S/C10H13BrN2O/c11-9-2-1-3-10(13-9)14-7-8-4-5-12-6-8/h1-3,8,12H,4-7H2. The van der Waals surface area contributed by atoms with Gasteiger partial charge in [-0.2, -0.15) is 0 Å². The van der Waals surface area contributed by atoms with Crippen molar-refractivity contribution in [3.8, 4) is 5.88 Å². The van der Waals surface area contributed by atoms with Crippen molar-refractivity contribution in [3.05, 3.63) is 22.8 Å². The van der Waals surface area contributed by atoms with Crippen LogP contribution in [0.4, 0.5) is 0 Å². The molecule has 0 bridgehead atoms. The summed E-state index contributed by atoms with van der Waals surface area (Å²) in [5.74, 6) is 1.34. The molecule has 1 unspecified atom stereocenters. The summed E-state index contributed by atoms with van der Waals surface area (Å²) in [5.41, 5.74) is 0. The number of pyridine rings is 1. The molecule has 1 atom stereocenters. The summed E-state index contributed by atoms with van der Waals surface area (Å²) in [4.78, 5) is 4.21. The molecule has 2 heterocycles. The maximum atomic E-state index is 5.59. The maximum Gasteiger partial charge on any atom is 0.214 e. The van der Waals surface area contributed by atoms with E-state index in [-0.39, 0.29) is 0 Å². The smallest absolute Gasteiger partial charge is 0.214 e. The van der Waals surface area contributed by atoms with E-state index in [9.17, 15) is 0 Å². The summed E-state index contributed by atoms with van der Waals surface area (Å²) in [6.07, 6.45) is 1.20. The van der Waals surface area contributed by atoms with Crippen LogP contribution < -0.4 is 10.1 Å². The Morgan fingerprint density at radius 2 is 2.50 bits per heavy atom. The molecule has 1 saturated heterocycles. The van der Waals surface area contributed by atoms with Gasteiger partial charge in [0, 0.05) is 18.5 Å². The zero-order valence-electron chi connectivity index (χ0n) is 7.87. The molecule has 1 fully saturated rings. The van der Waals surface area contributed by atoms with E-state index in [1.54, 1.807) is 0 Å². The SMILES string of the molecule is Brc1cccc(OCC2CCNC2)n1. The van der Waals surface area contributed by atoms with E-state index in [4.69, 9.17) is 4.74 Å². The average molecular weight is 257 g/mol. The van der Waals surface area contributed by atoms with Crippen LogP contribution in [-0.4, -0.2) is 24.7 Å². The summed E-state index contributed by atoms with van der Waals surface area (Å²) >= 11 is 3.31. The zero-order valence-corrected chi connectivity index (χ0v) is 9.46. The van der Waals surface area contributed by atoms with Crippen molar-refractivity contribution in [1.82, 2.24) is 10.3 Å². The number of nitrogens with one attached hydrogen (secondary N) is 1. The first-order valence-corrected chi connectivity index (χ1v) is 5.60. The fourth-order valence-corrected chi connectivity index (χ4v) is 1.86. The highest BCUT2D eigenvalue weighted by atomic mass is 79.9. The van der Waals surface area contributed by atoms with Gasteiger partial charge >= 0.3 is 0 Å². The molecular formula is C10H13BrN2O. The van der Waals surface area contributed by atoms with E-state index in [0.29, 0.717) is 11.8 Å². The number of hydrogen-bond acceptors (Lipinski definition) is 3. The van der Waals surface area contributed by atoms with Crippen LogP contribution >= 0.6 is 15.9 Å². The van der Waals surface area contributed by atoms with Crippen molar-refractivity contribution in [2.24, 2.45) is 5.92 Å². The lowest BCUT2D eigenvalue weighted by Crippen LogP contribution is -2.15. The lowest BCUT2D eigenvalue weighted by atomic mass is 10.1. The lowest BCUT2D eigenvalue weighted by molar-refractivity contribution is 0.250. The second-order valence-electron chi connectivity index (χ2n) is 3.47. The van der Waals surface area contributed by atoms with Crippen LogP contribution in [0.1, 0.15) is 6.42 Å². The molecule has 0 radical (unpaired) electrons. The predicted octanol–water partition coefficient (Wildman–Crippen LogP) is 1.83. The number of rotatable bonds is 3. The van der Waals surface area contributed by atoms with Gasteiger partial charge in [0.05, 0.1) is 6.61 Å². The van der Waals surface area contributed by atoms with Gasteiger partial charge in [-0.25, -0.2) is 4.98 Å². The largest absolute Gasteiger partial charge is 0.477 e. The van der Waals surface area contributed by atoms with E-state index in [2.05, 4.69) is 26.2 Å². The molecule has 0 saturated carbocycles. The molecule has 0 aliphatic carbocycles. The molecule has 1 aliphatic rings. The summed E-state index contributed by atoms with van der Waals surface area (Å²) in [7, 11) is 0. The zero-order chi connectivity index (χ0) is 9.80. The Hall–Kier alpha value is -0.610. The number of aromatic nitrogens is 1. The minimum atomic E-state index is 0.635. The molecule has 0 spiro atoms. The summed E-state index contributed by atoms with van der Waals surface area (Å²) in [6, 6.07) is 5.70. The average Bonchev–Trinajstić information content (AvgIpc) is 2.67. The Labute approximate surface area is 92.0 Å². The molecule has 14 heavy (non-hydrogen) atoms. The van der Waals surface area contributed by atoms with Gasteiger partial charge < -0.3 is 10.1 Å². The summed E-state index contributed by atoms with van der Waals surface area (Å²) in [6.45, 7) is 2.93. The summed E-state index contributed by atoms with van der Waals surface area (Å²) < 4.78 is 6.41. The number of halogens is 1. The monoisotopic (exact) mass is 256 g/mol. The molecule has 3 nitrogen and oxygen atoms in total. The van der Waals surface area contributed by atoms with Gasteiger partial charge in [-0.1, -0.05) is 6.07 Å². The van der Waals surface area contributed by atoms with E-state index in [1.165, 1.54) is 6.42 Å². The van der Waals surface area contributed by atoms with Crippen molar-refractivity contribution >= 4 is 15.9 Å². The van der Waals surface area contributed by atoms with Crippen LogP contribution in [0, 0.1) is 5.92 Å². The third kappa shape index (κ3) is 2.69. The van der Waals surface area contributed by atoms with E-state index in [0.717, 1.165) is 24.3 Å². The van der Waals surface area contributed by atoms with E-state index >= 15 is 0 Å². The van der Waals surface area contributed by atoms with Crippen molar-refractivity contribution in [3.63, 3.8) is 0 Å². The van der Waals surface area contributed by atoms with Crippen LogP contribution in [0.25, 0.3) is 0 Å². The van der Waals surface area contributed by atoms with Crippen molar-refractivity contribution in [2.75, 3.05) is 19.7 Å². The molecule has 0 aromatic carbocycles. The second kappa shape index (κ2) is 4.75. The van der Waals surface area contributed by atoms with Crippen LogP contribution in [0.5, 0.6) is 5.88 Å². The van der Waals surface area contributed by atoms with Gasteiger partial charge in [0.15, 0.2) is 0 Å². The lowest BCUT2D eigenvalue weighted by Gasteiger charge is -2.09. The van der Waals surface area contributed by atoms with Crippen molar-refractivity contribution in [1.29, 1.82) is 0 Å². The first kappa shape index (κ1) is 9.93. The topological polar surface area (TPSA) is 34.1 Å². The second-order valence-corrected chi connectivity index (χ2v) is 4.28. The third-order valence-electron chi connectivity index (χ3n) is 2.32.